The van der Waals surface area contributed by atoms with Gasteiger partial charge in [0.2, 0.25) is 5.91 Å². The highest BCUT2D eigenvalue weighted by molar-refractivity contribution is 5.82. The van der Waals surface area contributed by atoms with Crippen molar-refractivity contribution in [2.75, 3.05) is 13.1 Å². The van der Waals surface area contributed by atoms with Crippen LogP contribution in [0.2, 0.25) is 0 Å². The normalized spacial score (nSPS) is 35.0. The summed E-state index contributed by atoms with van der Waals surface area (Å²) in [7, 11) is 0. The van der Waals surface area contributed by atoms with Gasteiger partial charge in [-0.15, -0.1) is 0 Å². The maximum absolute atomic E-state index is 12.3. The highest BCUT2D eigenvalue weighted by atomic mass is 19.4. The number of hydrogen-bond acceptors (Lipinski definition) is 1. The molecule has 0 N–H and O–H groups in total. The fraction of sp³-hybridized carbons (Fsp3) is 0.909. The quantitative estimate of drug-likeness (QED) is 0.683. The van der Waals surface area contributed by atoms with E-state index in [1.54, 1.807) is 4.90 Å². The summed E-state index contributed by atoms with van der Waals surface area (Å²) in [5.74, 6) is -2.03. The van der Waals surface area contributed by atoms with Gasteiger partial charge in [0.1, 0.15) is 0 Å². The molecule has 1 saturated heterocycles. The molecule has 3 atom stereocenters. The topological polar surface area (TPSA) is 20.3 Å². The van der Waals surface area contributed by atoms with Gasteiger partial charge in [-0.25, -0.2) is 0 Å². The molecule has 1 amide bonds. The minimum Gasteiger partial charge on any atom is -0.342 e. The van der Waals surface area contributed by atoms with E-state index < -0.39 is 18.0 Å². The molecule has 0 radical (unpaired) electrons. The first kappa shape index (κ1) is 11.7. The van der Waals surface area contributed by atoms with Crippen molar-refractivity contribution < 1.29 is 18.0 Å². The van der Waals surface area contributed by atoms with Crippen LogP contribution in [0.25, 0.3) is 0 Å². The van der Waals surface area contributed by atoms with Crippen LogP contribution < -0.4 is 0 Å². The summed E-state index contributed by atoms with van der Waals surface area (Å²) in [6.45, 7) is 3.29. The van der Waals surface area contributed by atoms with Gasteiger partial charge in [0.15, 0.2) is 0 Å². The second kappa shape index (κ2) is 3.93. The van der Waals surface area contributed by atoms with Crippen molar-refractivity contribution >= 4 is 5.91 Å². The maximum Gasteiger partial charge on any atom is 0.392 e. The number of nitrogens with zero attached hydrogens (tertiary/aromatic N) is 1. The largest absolute Gasteiger partial charge is 0.392 e. The zero-order valence-electron chi connectivity index (χ0n) is 9.26. The molecule has 2 rings (SSSR count). The lowest BCUT2D eigenvalue weighted by Gasteiger charge is -2.31. The summed E-state index contributed by atoms with van der Waals surface area (Å²) >= 11 is 0. The lowest BCUT2D eigenvalue weighted by atomic mass is 10.00. The number of carbonyl (C=O) groups excluding carboxylic acids is 1. The molecule has 2 fully saturated rings. The Labute approximate surface area is 92.8 Å². The molecule has 2 unspecified atom stereocenters. The zero-order chi connectivity index (χ0) is 11.9. The van der Waals surface area contributed by atoms with Gasteiger partial charge in [0, 0.05) is 13.1 Å². The van der Waals surface area contributed by atoms with Crippen LogP contribution in [-0.2, 0) is 4.79 Å². The van der Waals surface area contributed by atoms with Crippen LogP contribution in [0.3, 0.4) is 0 Å². The number of hydrogen-bond donors (Lipinski definition) is 0. The van der Waals surface area contributed by atoms with Crippen LogP contribution in [0.5, 0.6) is 0 Å². The van der Waals surface area contributed by atoms with Gasteiger partial charge in [0.25, 0.3) is 0 Å². The van der Waals surface area contributed by atoms with E-state index in [1.807, 2.05) is 6.92 Å². The first-order chi connectivity index (χ1) is 7.39. The molecule has 0 aromatic rings. The monoisotopic (exact) mass is 235 g/mol. The van der Waals surface area contributed by atoms with Crippen molar-refractivity contribution in [2.45, 2.75) is 32.4 Å². The average Bonchev–Trinajstić information content (AvgIpc) is 2.95. The lowest BCUT2D eigenvalue weighted by Crippen LogP contribution is -2.40. The molecule has 2 nitrogen and oxygen atoms in total. The summed E-state index contributed by atoms with van der Waals surface area (Å²) in [5.41, 5.74) is 0. The Hall–Kier alpha value is -0.740. The number of likely N-dealkylation sites (tertiary alicyclic amines) is 1. The van der Waals surface area contributed by atoms with Crippen LogP contribution in [0.4, 0.5) is 13.2 Å². The molecule has 1 aliphatic heterocycles. The van der Waals surface area contributed by atoms with E-state index in [0.717, 1.165) is 12.8 Å². The minimum absolute atomic E-state index is 0.00673. The van der Waals surface area contributed by atoms with E-state index in [4.69, 9.17) is 0 Å². The molecule has 1 aliphatic carbocycles. The molecule has 1 heterocycles. The summed E-state index contributed by atoms with van der Waals surface area (Å²) in [6, 6.07) is 0. The summed E-state index contributed by atoms with van der Waals surface area (Å²) in [5, 5.41) is 0. The molecule has 5 heteroatoms. The third kappa shape index (κ3) is 2.33. The van der Waals surface area contributed by atoms with E-state index >= 15 is 0 Å². The summed E-state index contributed by atoms with van der Waals surface area (Å²) in [6.07, 6.45) is -2.22. The van der Waals surface area contributed by atoms with Crippen LogP contribution in [-0.4, -0.2) is 30.1 Å². The number of piperidine rings is 1. The molecule has 92 valence electrons. The highest BCUT2D eigenvalue weighted by Gasteiger charge is 2.59. The van der Waals surface area contributed by atoms with Crippen LogP contribution in [0.15, 0.2) is 0 Å². The number of carbonyl (C=O) groups is 1. The fourth-order valence-corrected chi connectivity index (χ4v) is 2.45. The van der Waals surface area contributed by atoms with E-state index in [0.29, 0.717) is 19.0 Å². The predicted molar refractivity (Wildman–Crippen MR) is 52.6 cm³/mol. The summed E-state index contributed by atoms with van der Waals surface area (Å²) < 4.78 is 37.0. The molecule has 0 spiro atoms. The lowest BCUT2D eigenvalue weighted by molar-refractivity contribution is -0.158. The van der Waals surface area contributed by atoms with Crippen molar-refractivity contribution in [3.8, 4) is 0 Å². The van der Waals surface area contributed by atoms with Crippen LogP contribution in [0, 0.1) is 17.8 Å². The van der Waals surface area contributed by atoms with Crippen LogP contribution >= 0.6 is 0 Å². The Balaban J connectivity index is 1.90. The molecule has 16 heavy (non-hydrogen) atoms. The second-order valence-electron chi connectivity index (χ2n) is 5.02. The molecule has 0 bridgehead atoms. The number of amides is 1. The Kier molecular flexibility index (Phi) is 2.88. The first-order valence-electron chi connectivity index (χ1n) is 5.75. The highest BCUT2D eigenvalue weighted by Crippen LogP contribution is 2.51. The molecule has 0 aromatic heterocycles. The van der Waals surface area contributed by atoms with Crippen LogP contribution in [0.1, 0.15) is 26.2 Å². The van der Waals surface area contributed by atoms with Gasteiger partial charge in [-0.05, 0) is 25.2 Å². The van der Waals surface area contributed by atoms with Crippen molar-refractivity contribution in [1.82, 2.24) is 4.90 Å². The molecule has 0 aromatic carbocycles. The van der Waals surface area contributed by atoms with Crippen molar-refractivity contribution in [2.24, 2.45) is 17.8 Å². The smallest absolute Gasteiger partial charge is 0.342 e. The Bertz CT molecular complexity index is 289. The Morgan fingerprint density at radius 1 is 1.38 bits per heavy atom. The molecular weight excluding hydrogens is 219 g/mol. The van der Waals surface area contributed by atoms with E-state index in [9.17, 15) is 18.0 Å². The molecular formula is C11H16F3NO. The van der Waals surface area contributed by atoms with E-state index in [2.05, 4.69) is 0 Å². The van der Waals surface area contributed by atoms with Gasteiger partial charge < -0.3 is 4.90 Å². The van der Waals surface area contributed by atoms with Crippen molar-refractivity contribution in [3.05, 3.63) is 0 Å². The van der Waals surface area contributed by atoms with Gasteiger partial charge in [-0.2, -0.15) is 13.2 Å². The third-order valence-corrected chi connectivity index (χ3v) is 3.50. The summed E-state index contributed by atoms with van der Waals surface area (Å²) in [4.78, 5) is 13.4. The average molecular weight is 235 g/mol. The van der Waals surface area contributed by atoms with E-state index in [-0.39, 0.29) is 12.3 Å². The SMILES string of the molecule is C[C@@H]1CCCN(C(=O)C2CC2C(F)(F)F)C1. The minimum atomic E-state index is -4.19. The third-order valence-electron chi connectivity index (χ3n) is 3.50. The second-order valence-corrected chi connectivity index (χ2v) is 5.02. The standard InChI is InChI=1S/C11H16F3NO/c1-7-3-2-4-15(6-7)10(16)8-5-9(8)11(12,13)14/h7-9H,2-6H2,1H3/t7-,8?,9?/m1/s1. The Morgan fingerprint density at radius 2 is 2.06 bits per heavy atom. The number of alkyl halides is 3. The molecule has 1 saturated carbocycles. The zero-order valence-corrected chi connectivity index (χ0v) is 9.26. The number of halogens is 3. The van der Waals surface area contributed by atoms with Gasteiger partial charge in [0.05, 0.1) is 11.8 Å². The first-order valence-corrected chi connectivity index (χ1v) is 5.75. The van der Waals surface area contributed by atoms with Gasteiger partial charge in [-0.1, -0.05) is 6.92 Å². The van der Waals surface area contributed by atoms with Crippen molar-refractivity contribution in [3.63, 3.8) is 0 Å². The maximum atomic E-state index is 12.3. The predicted octanol–water partition coefficient (Wildman–Crippen LogP) is 2.44. The number of rotatable bonds is 1. The van der Waals surface area contributed by atoms with Crippen molar-refractivity contribution in [1.29, 1.82) is 0 Å². The van der Waals surface area contributed by atoms with Gasteiger partial charge >= 0.3 is 6.18 Å². The molecule has 2 aliphatic rings. The fourth-order valence-electron chi connectivity index (χ4n) is 2.45. The van der Waals surface area contributed by atoms with E-state index in [1.165, 1.54) is 0 Å². The Morgan fingerprint density at radius 3 is 2.56 bits per heavy atom. The van der Waals surface area contributed by atoms with Gasteiger partial charge in [-0.3, -0.25) is 4.79 Å².